The first-order valence-electron chi connectivity index (χ1n) is 7.00. The van der Waals surface area contributed by atoms with Crippen LogP contribution < -0.4 is 5.73 Å². The summed E-state index contributed by atoms with van der Waals surface area (Å²) in [6.45, 7) is 13.1. The molecule has 0 saturated heterocycles. The van der Waals surface area contributed by atoms with Crippen molar-refractivity contribution in [1.82, 2.24) is 4.90 Å². The lowest BCUT2D eigenvalue weighted by atomic mass is 9.98. The van der Waals surface area contributed by atoms with Crippen LogP contribution in [0.25, 0.3) is 0 Å². The molecule has 0 aliphatic heterocycles. The lowest BCUT2D eigenvalue weighted by Gasteiger charge is -2.34. The Kier molecular flexibility index (Phi) is 8.01. The first-order chi connectivity index (χ1) is 7.86. The van der Waals surface area contributed by atoms with E-state index in [-0.39, 0.29) is 6.61 Å². The third kappa shape index (κ3) is 7.02. The highest BCUT2D eigenvalue weighted by atomic mass is 16.3. The van der Waals surface area contributed by atoms with E-state index in [0.29, 0.717) is 12.0 Å². The SMILES string of the molecule is CCC(CC)N(CCC(C)(N)CO)CC(C)C. The molecule has 17 heavy (non-hydrogen) atoms. The maximum atomic E-state index is 9.20. The average Bonchev–Trinajstić information content (AvgIpc) is 2.26. The molecule has 104 valence electrons. The fourth-order valence-electron chi connectivity index (χ4n) is 2.18. The van der Waals surface area contributed by atoms with E-state index in [1.165, 1.54) is 12.8 Å². The van der Waals surface area contributed by atoms with Crippen molar-refractivity contribution < 1.29 is 5.11 Å². The molecule has 0 aliphatic carbocycles. The number of nitrogens with zero attached hydrogens (tertiary/aromatic N) is 1. The number of hydrogen-bond donors (Lipinski definition) is 2. The molecule has 0 spiro atoms. The standard InChI is InChI=1S/C14H32N2O/c1-6-13(7-2)16(10-12(3)4)9-8-14(5,15)11-17/h12-13,17H,6-11,15H2,1-5H3. The summed E-state index contributed by atoms with van der Waals surface area (Å²) in [6, 6.07) is 0.645. The van der Waals surface area contributed by atoms with Crippen LogP contribution >= 0.6 is 0 Å². The Bertz CT molecular complexity index is 189. The third-order valence-electron chi connectivity index (χ3n) is 3.39. The van der Waals surface area contributed by atoms with Crippen LogP contribution in [0.15, 0.2) is 0 Å². The number of hydrogen-bond acceptors (Lipinski definition) is 3. The summed E-state index contributed by atoms with van der Waals surface area (Å²) in [5.41, 5.74) is 5.56. The smallest absolute Gasteiger partial charge is 0.0608 e. The largest absolute Gasteiger partial charge is 0.394 e. The zero-order valence-corrected chi connectivity index (χ0v) is 12.4. The predicted octanol–water partition coefficient (Wildman–Crippen LogP) is 2.23. The van der Waals surface area contributed by atoms with Gasteiger partial charge in [0.25, 0.3) is 0 Å². The van der Waals surface area contributed by atoms with Crippen LogP contribution in [0.1, 0.15) is 53.9 Å². The zero-order valence-electron chi connectivity index (χ0n) is 12.4. The van der Waals surface area contributed by atoms with Gasteiger partial charge in [-0.05, 0) is 32.1 Å². The molecule has 0 aromatic carbocycles. The summed E-state index contributed by atoms with van der Waals surface area (Å²) < 4.78 is 0. The van der Waals surface area contributed by atoms with Crippen molar-refractivity contribution in [2.24, 2.45) is 11.7 Å². The van der Waals surface area contributed by atoms with E-state index in [2.05, 4.69) is 32.6 Å². The Morgan fingerprint density at radius 1 is 1.24 bits per heavy atom. The Hall–Kier alpha value is -0.120. The highest BCUT2D eigenvalue weighted by Gasteiger charge is 2.22. The molecule has 3 heteroatoms. The maximum Gasteiger partial charge on any atom is 0.0608 e. The van der Waals surface area contributed by atoms with Crippen LogP contribution in [-0.2, 0) is 0 Å². The number of nitrogens with two attached hydrogens (primary N) is 1. The second-order valence-corrected chi connectivity index (χ2v) is 5.92. The molecule has 3 N–H and O–H groups in total. The molecule has 0 saturated carbocycles. The van der Waals surface area contributed by atoms with Crippen molar-refractivity contribution >= 4 is 0 Å². The first kappa shape index (κ1) is 16.9. The minimum absolute atomic E-state index is 0.0609. The Morgan fingerprint density at radius 2 is 1.76 bits per heavy atom. The van der Waals surface area contributed by atoms with E-state index in [4.69, 9.17) is 5.73 Å². The molecule has 0 radical (unpaired) electrons. The van der Waals surface area contributed by atoms with Crippen molar-refractivity contribution in [3.63, 3.8) is 0 Å². The highest BCUT2D eigenvalue weighted by Crippen LogP contribution is 2.14. The van der Waals surface area contributed by atoms with E-state index in [0.717, 1.165) is 19.5 Å². The Balaban J connectivity index is 4.38. The van der Waals surface area contributed by atoms with Crippen molar-refractivity contribution in [1.29, 1.82) is 0 Å². The Labute approximate surface area is 107 Å². The van der Waals surface area contributed by atoms with E-state index in [1.54, 1.807) is 0 Å². The maximum absolute atomic E-state index is 9.20. The summed E-state index contributed by atoms with van der Waals surface area (Å²) in [5, 5.41) is 9.20. The van der Waals surface area contributed by atoms with Crippen LogP contribution in [0, 0.1) is 5.92 Å². The van der Waals surface area contributed by atoms with Gasteiger partial charge in [-0.2, -0.15) is 0 Å². The fourth-order valence-corrected chi connectivity index (χ4v) is 2.18. The van der Waals surface area contributed by atoms with Crippen LogP contribution in [0.2, 0.25) is 0 Å². The summed E-state index contributed by atoms with van der Waals surface area (Å²) in [4.78, 5) is 2.53. The quantitative estimate of drug-likeness (QED) is 0.654. The second-order valence-electron chi connectivity index (χ2n) is 5.92. The normalized spacial score (nSPS) is 15.9. The minimum atomic E-state index is -0.443. The topological polar surface area (TPSA) is 49.5 Å². The zero-order chi connectivity index (χ0) is 13.5. The predicted molar refractivity (Wildman–Crippen MR) is 75.1 cm³/mol. The third-order valence-corrected chi connectivity index (χ3v) is 3.39. The number of aliphatic hydroxyl groups is 1. The summed E-state index contributed by atoms with van der Waals surface area (Å²) in [5.74, 6) is 0.675. The monoisotopic (exact) mass is 244 g/mol. The van der Waals surface area contributed by atoms with Crippen LogP contribution in [-0.4, -0.2) is 41.3 Å². The average molecular weight is 244 g/mol. The van der Waals surface area contributed by atoms with Crippen molar-refractivity contribution in [3.05, 3.63) is 0 Å². The molecule has 0 rings (SSSR count). The van der Waals surface area contributed by atoms with Crippen LogP contribution in [0.4, 0.5) is 0 Å². The van der Waals surface area contributed by atoms with Crippen LogP contribution in [0.5, 0.6) is 0 Å². The second kappa shape index (κ2) is 8.06. The van der Waals surface area contributed by atoms with Gasteiger partial charge in [0.05, 0.1) is 6.61 Å². The van der Waals surface area contributed by atoms with Gasteiger partial charge in [-0.3, -0.25) is 0 Å². The van der Waals surface area contributed by atoms with Gasteiger partial charge in [0.1, 0.15) is 0 Å². The molecule has 0 aliphatic rings. The van der Waals surface area contributed by atoms with Gasteiger partial charge in [0, 0.05) is 24.7 Å². The summed E-state index contributed by atoms with van der Waals surface area (Å²) >= 11 is 0. The molecule has 0 aromatic rings. The van der Waals surface area contributed by atoms with Crippen molar-refractivity contribution in [2.75, 3.05) is 19.7 Å². The molecule has 3 nitrogen and oxygen atoms in total. The van der Waals surface area contributed by atoms with Gasteiger partial charge in [0.2, 0.25) is 0 Å². The highest BCUT2D eigenvalue weighted by molar-refractivity contribution is 4.81. The van der Waals surface area contributed by atoms with Gasteiger partial charge in [-0.1, -0.05) is 27.7 Å². The van der Waals surface area contributed by atoms with Gasteiger partial charge in [-0.15, -0.1) is 0 Å². The van der Waals surface area contributed by atoms with Crippen molar-refractivity contribution in [3.8, 4) is 0 Å². The fraction of sp³-hybridized carbons (Fsp3) is 1.00. The van der Waals surface area contributed by atoms with E-state index < -0.39 is 5.54 Å². The van der Waals surface area contributed by atoms with Gasteiger partial charge >= 0.3 is 0 Å². The van der Waals surface area contributed by atoms with Gasteiger partial charge < -0.3 is 15.7 Å². The number of aliphatic hydroxyl groups excluding tert-OH is 1. The van der Waals surface area contributed by atoms with E-state index in [1.807, 2.05) is 6.92 Å². The first-order valence-corrected chi connectivity index (χ1v) is 7.00. The summed E-state index contributed by atoms with van der Waals surface area (Å²) in [7, 11) is 0. The molecular formula is C14H32N2O. The van der Waals surface area contributed by atoms with Crippen LogP contribution in [0.3, 0.4) is 0 Å². The summed E-state index contributed by atoms with van der Waals surface area (Å²) in [6.07, 6.45) is 3.22. The van der Waals surface area contributed by atoms with E-state index in [9.17, 15) is 5.11 Å². The molecule has 0 aromatic heterocycles. The van der Waals surface area contributed by atoms with E-state index >= 15 is 0 Å². The minimum Gasteiger partial charge on any atom is -0.394 e. The number of rotatable bonds is 9. The Morgan fingerprint density at radius 3 is 2.12 bits per heavy atom. The molecular weight excluding hydrogens is 212 g/mol. The molecule has 0 heterocycles. The molecule has 0 fully saturated rings. The lowest BCUT2D eigenvalue weighted by molar-refractivity contribution is 0.132. The molecule has 1 unspecified atom stereocenters. The van der Waals surface area contributed by atoms with Crippen molar-refractivity contribution in [2.45, 2.75) is 65.5 Å². The van der Waals surface area contributed by atoms with Gasteiger partial charge in [0.15, 0.2) is 0 Å². The molecule has 0 amide bonds. The molecule has 1 atom stereocenters. The lowest BCUT2D eigenvalue weighted by Crippen LogP contribution is -2.46. The van der Waals surface area contributed by atoms with Gasteiger partial charge in [-0.25, -0.2) is 0 Å². The molecule has 0 bridgehead atoms.